The van der Waals surface area contributed by atoms with Crippen LogP contribution in [-0.2, 0) is 0 Å². The quantitative estimate of drug-likeness (QED) is 0.139. The molecule has 370 valence electrons. The highest BCUT2D eigenvalue weighted by Gasteiger charge is 2.25. The van der Waals surface area contributed by atoms with E-state index in [0.717, 1.165) is 131 Å². The number of nitrogens with zero attached hydrogens (tertiary/aromatic N) is 8. The molecule has 4 heterocycles. The largest absolute Gasteiger partial charge is 0.256 e. The third-order valence-corrected chi connectivity index (χ3v) is 15.6. The predicted molar refractivity (Wildman–Crippen MR) is 326 cm³/mol. The summed E-state index contributed by atoms with van der Waals surface area (Å²) in [6.45, 7) is 0. The molecule has 0 fully saturated rings. The van der Waals surface area contributed by atoms with E-state index in [9.17, 15) is 0 Å². The van der Waals surface area contributed by atoms with Crippen LogP contribution in [0.25, 0.3) is 166 Å². The summed E-state index contributed by atoms with van der Waals surface area (Å²) < 4.78 is 0. The van der Waals surface area contributed by atoms with Crippen molar-refractivity contribution >= 4 is 75.7 Å². The van der Waals surface area contributed by atoms with Gasteiger partial charge in [-0.15, -0.1) is 0 Å². The Bertz CT molecular complexity index is 4620. The van der Waals surface area contributed by atoms with Gasteiger partial charge >= 0.3 is 0 Å². The summed E-state index contributed by atoms with van der Waals surface area (Å²) in [5, 5.41) is 13.0. The second-order valence-electron chi connectivity index (χ2n) is 20.3. The highest BCUT2D eigenvalue weighted by atomic mass is 15.0. The third-order valence-electron chi connectivity index (χ3n) is 15.6. The second kappa shape index (κ2) is 18.4. The van der Waals surface area contributed by atoms with Crippen LogP contribution in [0.2, 0.25) is 0 Å². The zero-order valence-corrected chi connectivity index (χ0v) is 42.8. The lowest BCUT2D eigenvalue weighted by molar-refractivity contribution is 1.08. The number of rotatable bonds is 8. The lowest BCUT2D eigenvalue weighted by Gasteiger charge is -2.21. The van der Waals surface area contributed by atoms with E-state index in [2.05, 4.69) is 231 Å². The van der Waals surface area contributed by atoms with Gasteiger partial charge in [0.15, 0.2) is 34.9 Å². The van der Waals surface area contributed by atoms with Crippen molar-refractivity contribution in [2.24, 2.45) is 0 Å². The molecule has 0 unspecified atom stereocenters. The first-order valence-electron chi connectivity index (χ1n) is 26.7. The first kappa shape index (κ1) is 45.3. The lowest BCUT2D eigenvalue weighted by Crippen LogP contribution is -2.02. The van der Waals surface area contributed by atoms with Gasteiger partial charge < -0.3 is 0 Å². The van der Waals surface area contributed by atoms with Crippen molar-refractivity contribution in [2.75, 3.05) is 0 Å². The first-order valence-corrected chi connectivity index (χ1v) is 26.7. The maximum Gasteiger partial charge on any atom is 0.164 e. The standard InChI is InChI=1S/C72H42N8/c1-3-15-45(16-4-1)59-41-61(71-77-67(51-27-23-43-13-7-9-19-49(43)37-51)75-69(79-71)53-29-25-47-21-11-35-73-63(47)39-53)57-34-32-56-60(46-17-5-2-6-18-46)42-62(58-33-31-55(59)65(57)66(56)58)72-78-68(52-28-24-44-14-8-10-20-50(44)38-52)76-70(80-72)54-30-26-48-22-12-36-74-64(48)40-54/h1-42H. The molecule has 0 spiro atoms. The predicted octanol–water partition coefficient (Wildman–Crippen LogP) is 17.7. The molecule has 4 aromatic heterocycles. The minimum Gasteiger partial charge on any atom is -0.256 e. The summed E-state index contributed by atoms with van der Waals surface area (Å²) in [6.07, 6.45) is 3.64. The SMILES string of the molecule is c1ccc(-c2cc(-c3nc(-c4ccc5ccccc5c4)nc(-c4ccc5cccnc5c4)n3)c3ccc4c(-c5ccccc5)cc(-c5nc(-c6ccc7ccccc7c6)nc(-c6ccc7cccnc7c6)n5)c5ccc2c3c45)cc1. The van der Waals surface area contributed by atoms with Crippen LogP contribution in [0.5, 0.6) is 0 Å². The van der Waals surface area contributed by atoms with Crippen molar-refractivity contribution in [3.8, 4) is 90.6 Å². The summed E-state index contributed by atoms with van der Waals surface area (Å²) in [5.74, 6) is 3.39. The van der Waals surface area contributed by atoms with Gasteiger partial charge in [-0.25, -0.2) is 29.9 Å². The maximum absolute atomic E-state index is 5.46. The second-order valence-corrected chi connectivity index (χ2v) is 20.3. The van der Waals surface area contributed by atoms with Crippen molar-refractivity contribution in [2.45, 2.75) is 0 Å². The van der Waals surface area contributed by atoms with E-state index in [0.29, 0.717) is 34.9 Å². The zero-order valence-electron chi connectivity index (χ0n) is 42.8. The van der Waals surface area contributed by atoms with Gasteiger partial charge in [0, 0.05) is 56.5 Å². The van der Waals surface area contributed by atoms with Gasteiger partial charge in [-0.2, -0.15) is 0 Å². The molecule has 0 N–H and O–H groups in total. The van der Waals surface area contributed by atoms with E-state index < -0.39 is 0 Å². The van der Waals surface area contributed by atoms with Gasteiger partial charge in [-0.1, -0.05) is 194 Å². The summed E-state index contributed by atoms with van der Waals surface area (Å²) in [7, 11) is 0. The van der Waals surface area contributed by atoms with E-state index in [-0.39, 0.29) is 0 Å². The number of fused-ring (bicyclic) bond motifs is 4. The molecule has 12 aromatic carbocycles. The monoisotopic (exact) mass is 1020 g/mol. The average molecular weight is 1020 g/mol. The summed E-state index contributed by atoms with van der Waals surface area (Å²) >= 11 is 0. The van der Waals surface area contributed by atoms with Crippen LogP contribution >= 0.6 is 0 Å². The molecule has 16 aromatic rings. The molecule has 80 heavy (non-hydrogen) atoms. The first-order chi connectivity index (χ1) is 39.6. The highest BCUT2D eigenvalue weighted by molar-refractivity contribution is 6.31. The topological polar surface area (TPSA) is 103 Å². The molecular formula is C72H42N8. The Balaban J connectivity index is 0.996. The molecule has 0 radical (unpaired) electrons. The normalized spacial score (nSPS) is 11.8. The van der Waals surface area contributed by atoms with Crippen LogP contribution in [0, 0.1) is 0 Å². The average Bonchev–Trinajstić information content (AvgIpc) is 3.70. The van der Waals surface area contributed by atoms with Gasteiger partial charge in [-0.05, 0) is 125 Å². The number of hydrogen-bond donors (Lipinski definition) is 0. The molecule has 16 rings (SSSR count). The summed E-state index contributed by atoms with van der Waals surface area (Å²) in [4.78, 5) is 41.8. The van der Waals surface area contributed by atoms with Crippen molar-refractivity contribution in [3.63, 3.8) is 0 Å². The Hall–Kier alpha value is -11.0. The molecule has 0 amide bonds. The van der Waals surface area contributed by atoms with E-state index in [1.807, 2.05) is 24.5 Å². The van der Waals surface area contributed by atoms with Crippen LogP contribution in [0.4, 0.5) is 0 Å². The fourth-order valence-electron chi connectivity index (χ4n) is 11.7. The molecule has 0 aliphatic heterocycles. The number of benzene rings is 12. The number of pyridine rings is 2. The van der Waals surface area contributed by atoms with Gasteiger partial charge in [0.25, 0.3) is 0 Å². The number of hydrogen-bond acceptors (Lipinski definition) is 8. The minimum absolute atomic E-state index is 0.557. The Morgan fingerprint density at radius 2 is 0.525 bits per heavy atom. The van der Waals surface area contributed by atoms with Crippen molar-refractivity contribution in [1.29, 1.82) is 0 Å². The van der Waals surface area contributed by atoms with Gasteiger partial charge in [-0.3, -0.25) is 9.97 Å². The minimum atomic E-state index is 0.557. The highest BCUT2D eigenvalue weighted by Crippen LogP contribution is 2.48. The zero-order chi connectivity index (χ0) is 52.7. The number of aromatic nitrogens is 8. The van der Waals surface area contributed by atoms with Gasteiger partial charge in [0.1, 0.15) is 0 Å². The molecule has 0 bridgehead atoms. The van der Waals surface area contributed by atoms with Gasteiger partial charge in [0.2, 0.25) is 0 Å². The van der Waals surface area contributed by atoms with Crippen LogP contribution in [0.15, 0.2) is 255 Å². The molecule has 0 saturated heterocycles. The Kier molecular flexibility index (Phi) is 10.4. The van der Waals surface area contributed by atoms with E-state index in [1.54, 1.807) is 0 Å². The molecule has 8 nitrogen and oxygen atoms in total. The molecule has 0 atom stereocenters. The fraction of sp³-hybridized carbons (Fsp3) is 0. The molecule has 0 aliphatic carbocycles. The van der Waals surface area contributed by atoms with E-state index >= 15 is 0 Å². The van der Waals surface area contributed by atoms with Crippen molar-refractivity contribution in [1.82, 2.24) is 39.9 Å². The lowest BCUT2D eigenvalue weighted by atomic mass is 9.83. The summed E-state index contributed by atoms with van der Waals surface area (Å²) in [5.41, 5.74) is 11.2. The van der Waals surface area contributed by atoms with Crippen molar-refractivity contribution in [3.05, 3.63) is 255 Å². The van der Waals surface area contributed by atoms with E-state index in [1.165, 1.54) is 0 Å². The van der Waals surface area contributed by atoms with Crippen LogP contribution in [0.3, 0.4) is 0 Å². The molecule has 8 heteroatoms. The molecular weight excluding hydrogens is 977 g/mol. The molecule has 0 aliphatic rings. The Morgan fingerprint density at radius 3 is 0.938 bits per heavy atom. The Morgan fingerprint density at radius 1 is 0.200 bits per heavy atom. The smallest absolute Gasteiger partial charge is 0.164 e. The van der Waals surface area contributed by atoms with Crippen molar-refractivity contribution < 1.29 is 0 Å². The van der Waals surface area contributed by atoms with E-state index in [4.69, 9.17) is 39.9 Å². The van der Waals surface area contributed by atoms with Crippen LogP contribution < -0.4 is 0 Å². The third kappa shape index (κ3) is 7.69. The van der Waals surface area contributed by atoms with Crippen LogP contribution in [0.1, 0.15) is 0 Å². The Labute approximate surface area is 458 Å². The molecule has 0 saturated carbocycles. The summed E-state index contributed by atoms with van der Waals surface area (Å²) in [6, 6.07) is 85.0. The van der Waals surface area contributed by atoms with Gasteiger partial charge in [0.05, 0.1) is 11.0 Å². The maximum atomic E-state index is 5.46. The fourth-order valence-corrected chi connectivity index (χ4v) is 11.7. The van der Waals surface area contributed by atoms with Crippen LogP contribution in [-0.4, -0.2) is 39.9 Å².